The Balaban J connectivity index is 1.77. The molecule has 1 aliphatic carbocycles. The number of halogens is 2. The maximum Gasteiger partial charge on any atom is 0.233 e. The Morgan fingerprint density at radius 3 is 2.57 bits per heavy atom. The fourth-order valence-corrected chi connectivity index (χ4v) is 3.13. The summed E-state index contributed by atoms with van der Waals surface area (Å²) in [4.78, 5) is 17.2. The summed E-state index contributed by atoms with van der Waals surface area (Å²) in [7, 11) is 0. The van der Waals surface area contributed by atoms with Gasteiger partial charge in [0.2, 0.25) is 5.91 Å². The Morgan fingerprint density at radius 2 is 1.83 bits per heavy atom. The zero-order valence-corrected chi connectivity index (χ0v) is 13.9. The first-order valence-corrected chi connectivity index (χ1v) is 8.27. The number of anilines is 1. The average molecular weight is 347 g/mol. The summed E-state index contributed by atoms with van der Waals surface area (Å²) < 4.78 is 0. The maximum absolute atomic E-state index is 12.5. The van der Waals surface area contributed by atoms with Gasteiger partial charge in [0.1, 0.15) is 0 Å². The second-order valence-electron chi connectivity index (χ2n) is 5.53. The Labute approximate surface area is 145 Å². The lowest BCUT2D eigenvalue weighted by molar-refractivity contribution is -0.117. The van der Waals surface area contributed by atoms with Gasteiger partial charge in [-0.3, -0.25) is 9.79 Å². The molecule has 1 aliphatic rings. The van der Waals surface area contributed by atoms with Crippen LogP contribution in [0.4, 0.5) is 11.4 Å². The second-order valence-corrected chi connectivity index (χ2v) is 6.40. The van der Waals surface area contributed by atoms with Crippen LogP contribution in [0.5, 0.6) is 0 Å². The number of benzene rings is 2. The minimum atomic E-state index is -0.201. The molecule has 0 radical (unpaired) electrons. The molecule has 1 fully saturated rings. The van der Waals surface area contributed by atoms with Crippen molar-refractivity contribution in [1.29, 1.82) is 0 Å². The number of hydrogen-bond donors (Lipinski definition) is 1. The molecule has 1 atom stereocenters. The Bertz CT molecular complexity index is 758. The first-order valence-electron chi connectivity index (χ1n) is 7.51. The van der Waals surface area contributed by atoms with Crippen LogP contribution in [-0.4, -0.2) is 11.6 Å². The summed E-state index contributed by atoms with van der Waals surface area (Å²) in [5, 5.41) is 4.16. The van der Waals surface area contributed by atoms with Gasteiger partial charge >= 0.3 is 0 Å². The molecule has 0 saturated heterocycles. The van der Waals surface area contributed by atoms with Gasteiger partial charge in [0.25, 0.3) is 0 Å². The first-order chi connectivity index (χ1) is 11.1. The number of nitrogens with one attached hydrogen (secondary N) is 1. The highest BCUT2D eigenvalue weighted by Crippen LogP contribution is 2.28. The van der Waals surface area contributed by atoms with Crippen LogP contribution in [-0.2, 0) is 4.79 Å². The van der Waals surface area contributed by atoms with E-state index in [0.29, 0.717) is 15.7 Å². The van der Waals surface area contributed by atoms with Crippen molar-refractivity contribution in [2.75, 3.05) is 5.32 Å². The third kappa shape index (κ3) is 4.12. The predicted molar refractivity (Wildman–Crippen MR) is 96.0 cm³/mol. The van der Waals surface area contributed by atoms with Crippen molar-refractivity contribution in [3.8, 4) is 0 Å². The van der Waals surface area contributed by atoms with Gasteiger partial charge in [0.05, 0.1) is 11.6 Å². The summed E-state index contributed by atoms with van der Waals surface area (Å²) in [5.74, 6) is -0.237. The molecule has 2 aromatic rings. The fraction of sp³-hybridized carbons (Fsp3) is 0.222. The maximum atomic E-state index is 12.5. The van der Waals surface area contributed by atoms with Crippen LogP contribution in [0.15, 0.2) is 53.5 Å². The van der Waals surface area contributed by atoms with Gasteiger partial charge in [-0.1, -0.05) is 35.3 Å². The van der Waals surface area contributed by atoms with Crippen molar-refractivity contribution >= 4 is 46.2 Å². The number of amides is 1. The van der Waals surface area contributed by atoms with Gasteiger partial charge in [-0.2, -0.15) is 0 Å². The molecule has 5 heteroatoms. The molecular weight excluding hydrogens is 331 g/mol. The summed E-state index contributed by atoms with van der Waals surface area (Å²) >= 11 is 11.9. The molecule has 118 valence electrons. The molecule has 1 unspecified atom stereocenters. The number of aliphatic imine (C=N–C) groups is 1. The van der Waals surface area contributed by atoms with Crippen molar-refractivity contribution in [2.45, 2.75) is 19.3 Å². The smallest absolute Gasteiger partial charge is 0.233 e. The summed E-state index contributed by atoms with van der Waals surface area (Å²) in [5.41, 5.74) is 2.40. The molecule has 3 rings (SSSR count). The van der Waals surface area contributed by atoms with E-state index in [0.717, 1.165) is 30.7 Å². The first kappa shape index (κ1) is 16.0. The van der Waals surface area contributed by atoms with E-state index in [1.807, 2.05) is 30.3 Å². The van der Waals surface area contributed by atoms with Gasteiger partial charge in [0.15, 0.2) is 0 Å². The van der Waals surface area contributed by atoms with Crippen LogP contribution in [0, 0.1) is 5.92 Å². The highest BCUT2D eigenvalue weighted by Gasteiger charge is 2.29. The van der Waals surface area contributed by atoms with Crippen molar-refractivity contribution in [3.63, 3.8) is 0 Å². The van der Waals surface area contributed by atoms with Crippen LogP contribution in [0.2, 0.25) is 10.0 Å². The van der Waals surface area contributed by atoms with Gasteiger partial charge in [-0.25, -0.2) is 0 Å². The zero-order valence-electron chi connectivity index (χ0n) is 12.4. The van der Waals surface area contributed by atoms with E-state index in [9.17, 15) is 4.79 Å². The summed E-state index contributed by atoms with van der Waals surface area (Å²) in [6, 6.07) is 14.5. The third-order valence-electron chi connectivity index (χ3n) is 3.82. The SMILES string of the molecule is O=C(Nc1cccc(Cl)c1)C1CCCC1=Nc1cccc(Cl)c1. The standard InChI is InChI=1S/C18H16Cl2N2O/c19-12-4-1-6-14(10-12)21-17-9-3-8-16(17)18(23)22-15-7-2-5-13(20)11-15/h1-2,4-7,10-11,16H,3,8-9H2,(H,22,23). The van der Waals surface area contributed by atoms with E-state index >= 15 is 0 Å². The molecule has 0 spiro atoms. The molecule has 0 aliphatic heterocycles. The lowest BCUT2D eigenvalue weighted by Gasteiger charge is -2.12. The minimum Gasteiger partial charge on any atom is -0.325 e. The molecule has 1 amide bonds. The van der Waals surface area contributed by atoms with E-state index in [-0.39, 0.29) is 11.8 Å². The van der Waals surface area contributed by atoms with Crippen LogP contribution < -0.4 is 5.32 Å². The quantitative estimate of drug-likeness (QED) is 0.782. The largest absolute Gasteiger partial charge is 0.325 e. The van der Waals surface area contributed by atoms with Gasteiger partial charge in [0, 0.05) is 21.4 Å². The molecule has 0 bridgehead atoms. The highest BCUT2D eigenvalue weighted by atomic mass is 35.5. The van der Waals surface area contributed by atoms with Gasteiger partial charge < -0.3 is 5.32 Å². The predicted octanol–water partition coefficient (Wildman–Crippen LogP) is 5.50. The van der Waals surface area contributed by atoms with Crippen molar-refractivity contribution < 1.29 is 4.79 Å². The van der Waals surface area contributed by atoms with Crippen LogP contribution in [0.3, 0.4) is 0 Å². The zero-order chi connectivity index (χ0) is 16.2. The molecular formula is C18H16Cl2N2O. The number of carbonyl (C=O) groups is 1. The number of rotatable bonds is 3. The molecule has 0 heterocycles. The topological polar surface area (TPSA) is 41.5 Å². The van der Waals surface area contributed by atoms with Crippen LogP contribution >= 0.6 is 23.2 Å². The third-order valence-corrected chi connectivity index (χ3v) is 4.29. The van der Waals surface area contributed by atoms with E-state index in [2.05, 4.69) is 10.3 Å². The lowest BCUT2D eigenvalue weighted by Crippen LogP contribution is -2.25. The average Bonchev–Trinajstić information content (AvgIpc) is 2.95. The normalized spacial score (nSPS) is 19.0. The molecule has 2 aromatic carbocycles. The van der Waals surface area contributed by atoms with Gasteiger partial charge in [-0.05, 0) is 55.7 Å². The van der Waals surface area contributed by atoms with Crippen molar-refractivity contribution in [3.05, 3.63) is 58.6 Å². The second kappa shape index (κ2) is 7.16. The van der Waals surface area contributed by atoms with Crippen molar-refractivity contribution in [2.24, 2.45) is 10.9 Å². The Hall–Kier alpha value is -1.84. The van der Waals surface area contributed by atoms with Crippen LogP contribution in [0.25, 0.3) is 0 Å². The monoisotopic (exact) mass is 346 g/mol. The lowest BCUT2D eigenvalue weighted by atomic mass is 10.1. The van der Waals surface area contributed by atoms with E-state index in [1.165, 1.54) is 0 Å². The fourth-order valence-electron chi connectivity index (χ4n) is 2.75. The number of nitrogens with zero attached hydrogens (tertiary/aromatic N) is 1. The Morgan fingerprint density at radius 1 is 1.09 bits per heavy atom. The Kier molecular flexibility index (Phi) is 4.99. The molecule has 1 saturated carbocycles. The number of carbonyl (C=O) groups excluding carboxylic acids is 1. The minimum absolute atomic E-state index is 0.0365. The highest BCUT2D eigenvalue weighted by molar-refractivity contribution is 6.31. The van der Waals surface area contributed by atoms with E-state index < -0.39 is 0 Å². The van der Waals surface area contributed by atoms with Crippen LogP contribution in [0.1, 0.15) is 19.3 Å². The van der Waals surface area contributed by atoms with E-state index in [4.69, 9.17) is 23.2 Å². The number of hydrogen-bond acceptors (Lipinski definition) is 2. The molecule has 3 nitrogen and oxygen atoms in total. The van der Waals surface area contributed by atoms with Crippen molar-refractivity contribution in [1.82, 2.24) is 0 Å². The van der Waals surface area contributed by atoms with Gasteiger partial charge in [-0.15, -0.1) is 0 Å². The summed E-state index contributed by atoms with van der Waals surface area (Å²) in [6.07, 6.45) is 2.61. The molecule has 23 heavy (non-hydrogen) atoms. The molecule has 1 N–H and O–H groups in total. The van der Waals surface area contributed by atoms with E-state index in [1.54, 1.807) is 18.2 Å². The molecule has 0 aromatic heterocycles. The summed E-state index contributed by atoms with van der Waals surface area (Å²) in [6.45, 7) is 0.